The second-order valence-electron chi connectivity index (χ2n) is 9.00. The lowest BCUT2D eigenvalue weighted by atomic mass is 10.0. The Hall–Kier alpha value is -3.33. The van der Waals surface area contributed by atoms with E-state index in [9.17, 15) is 14.4 Å². The number of hydrogen-bond acceptors (Lipinski definition) is 6. The number of anilines is 1. The number of aromatic amines is 1. The highest BCUT2D eigenvalue weighted by Gasteiger charge is 2.22. The molecule has 0 atom stereocenters. The molecular formula is C24H27ClN4O5. The zero-order chi connectivity index (χ0) is 24.6. The molecule has 2 aromatic heterocycles. The number of ether oxygens (including phenoxy) is 2. The lowest BCUT2D eigenvalue weighted by Gasteiger charge is -2.16. The quantitative estimate of drug-likeness (QED) is 0.564. The first-order chi connectivity index (χ1) is 16.2. The van der Waals surface area contributed by atoms with Crippen LogP contribution in [0.15, 0.2) is 27.8 Å². The van der Waals surface area contributed by atoms with Crippen LogP contribution in [0.5, 0.6) is 11.5 Å². The fraction of sp³-hybridized carbons (Fsp3) is 0.417. The van der Waals surface area contributed by atoms with Gasteiger partial charge in [-0.2, -0.15) is 0 Å². The van der Waals surface area contributed by atoms with Crippen molar-refractivity contribution >= 4 is 34.2 Å². The van der Waals surface area contributed by atoms with Crippen molar-refractivity contribution in [2.75, 3.05) is 18.5 Å². The third-order valence-electron chi connectivity index (χ3n) is 5.44. The number of benzene rings is 1. The molecule has 34 heavy (non-hydrogen) atoms. The summed E-state index contributed by atoms with van der Waals surface area (Å²) in [5.74, 6) is 0.508. The van der Waals surface area contributed by atoms with Gasteiger partial charge in [0.15, 0.2) is 17.1 Å². The third-order valence-corrected chi connectivity index (χ3v) is 5.75. The summed E-state index contributed by atoms with van der Waals surface area (Å²) in [5.41, 5.74) is -0.0300. The maximum absolute atomic E-state index is 13.5. The van der Waals surface area contributed by atoms with E-state index < -0.39 is 17.2 Å². The van der Waals surface area contributed by atoms with Crippen LogP contribution in [0.4, 0.5) is 5.69 Å². The van der Waals surface area contributed by atoms with Gasteiger partial charge in [0, 0.05) is 30.8 Å². The van der Waals surface area contributed by atoms with Crippen LogP contribution in [0.1, 0.15) is 56.1 Å². The molecule has 4 rings (SSSR count). The highest BCUT2D eigenvalue weighted by molar-refractivity contribution is 6.34. The van der Waals surface area contributed by atoms with E-state index in [-0.39, 0.29) is 33.5 Å². The van der Waals surface area contributed by atoms with Crippen LogP contribution >= 0.6 is 11.6 Å². The molecule has 0 unspecified atom stereocenters. The molecule has 2 N–H and O–H groups in total. The van der Waals surface area contributed by atoms with Crippen LogP contribution in [-0.2, 0) is 6.54 Å². The molecule has 0 spiro atoms. The predicted octanol–water partition coefficient (Wildman–Crippen LogP) is 3.93. The SMILES string of the molecule is CC(C)Cn1c(=O)[nH]c(=O)c2c(C(=O)Nc3cc4c(cc3Cl)OCCCO4)cc(C(C)C)nc21. The van der Waals surface area contributed by atoms with E-state index in [1.165, 1.54) is 4.57 Å². The smallest absolute Gasteiger partial charge is 0.330 e. The van der Waals surface area contributed by atoms with Crippen LogP contribution in [0.3, 0.4) is 0 Å². The number of fused-ring (bicyclic) bond motifs is 2. The Morgan fingerprint density at radius 1 is 1.15 bits per heavy atom. The van der Waals surface area contributed by atoms with Gasteiger partial charge in [-0.15, -0.1) is 0 Å². The van der Waals surface area contributed by atoms with E-state index in [2.05, 4.69) is 15.3 Å². The van der Waals surface area contributed by atoms with Crippen molar-refractivity contribution in [2.24, 2.45) is 5.92 Å². The number of pyridine rings is 1. The molecule has 9 nitrogen and oxygen atoms in total. The largest absolute Gasteiger partial charge is 0.490 e. The number of carbonyl (C=O) groups excluding carboxylic acids is 1. The fourth-order valence-electron chi connectivity index (χ4n) is 3.77. The average Bonchev–Trinajstić information content (AvgIpc) is 3.00. The predicted molar refractivity (Wildman–Crippen MR) is 131 cm³/mol. The Bertz CT molecular complexity index is 1380. The van der Waals surface area contributed by atoms with E-state index in [1.54, 1.807) is 18.2 Å². The van der Waals surface area contributed by atoms with Gasteiger partial charge in [0.2, 0.25) is 0 Å². The van der Waals surface area contributed by atoms with Crippen molar-refractivity contribution < 1.29 is 14.3 Å². The monoisotopic (exact) mass is 486 g/mol. The fourth-order valence-corrected chi connectivity index (χ4v) is 3.97. The summed E-state index contributed by atoms with van der Waals surface area (Å²) < 4.78 is 12.7. The Balaban J connectivity index is 1.85. The van der Waals surface area contributed by atoms with Gasteiger partial charge in [0.1, 0.15) is 0 Å². The van der Waals surface area contributed by atoms with Gasteiger partial charge in [-0.25, -0.2) is 9.78 Å². The van der Waals surface area contributed by atoms with Crippen LogP contribution < -0.4 is 26.0 Å². The summed E-state index contributed by atoms with van der Waals surface area (Å²) in [7, 11) is 0. The first-order valence-electron chi connectivity index (χ1n) is 11.2. The summed E-state index contributed by atoms with van der Waals surface area (Å²) in [4.78, 5) is 45.8. The number of rotatable bonds is 5. The zero-order valence-electron chi connectivity index (χ0n) is 19.5. The molecule has 1 amide bonds. The van der Waals surface area contributed by atoms with Gasteiger partial charge in [-0.1, -0.05) is 39.3 Å². The van der Waals surface area contributed by atoms with Crippen LogP contribution in [0, 0.1) is 5.92 Å². The summed E-state index contributed by atoms with van der Waals surface area (Å²) in [5, 5.41) is 3.10. The number of nitrogens with one attached hydrogen (secondary N) is 2. The summed E-state index contributed by atoms with van der Waals surface area (Å²) >= 11 is 6.40. The molecule has 1 aromatic carbocycles. The van der Waals surface area contributed by atoms with Gasteiger partial charge in [0.25, 0.3) is 11.5 Å². The molecule has 0 saturated heterocycles. The van der Waals surface area contributed by atoms with E-state index in [0.29, 0.717) is 42.6 Å². The minimum absolute atomic E-state index is 0.0422. The second-order valence-corrected chi connectivity index (χ2v) is 9.40. The Morgan fingerprint density at radius 2 is 1.82 bits per heavy atom. The molecule has 0 fully saturated rings. The highest BCUT2D eigenvalue weighted by Crippen LogP contribution is 2.38. The molecule has 0 aliphatic carbocycles. The number of carbonyl (C=O) groups is 1. The first-order valence-corrected chi connectivity index (χ1v) is 11.6. The molecule has 0 radical (unpaired) electrons. The zero-order valence-corrected chi connectivity index (χ0v) is 20.3. The van der Waals surface area contributed by atoms with E-state index in [1.807, 2.05) is 27.7 Å². The first kappa shape index (κ1) is 23.8. The molecule has 3 aromatic rings. The minimum Gasteiger partial charge on any atom is -0.490 e. The lowest BCUT2D eigenvalue weighted by molar-refractivity contribution is 0.102. The third kappa shape index (κ3) is 4.65. The van der Waals surface area contributed by atoms with Gasteiger partial charge in [-0.05, 0) is 17.9 Å². The number of hydrogen-bond donors (Lipinski definition) is 2. The Morgan fingerprint density at radius 3 is 2.47 bits per heavy atom. The molecule has 3 heterocycles. The lowest BCUT2D eigenvalue weighted by Crippen LogP contribution is -2.33. The molecule has 1 aliphatic heterocycles. The summed E-state index contributed by atoms with van der Waals surface area (Å²) in [6.45, 7) is 9.10. The maximum Gasteiger partial charge on any atom is 0.330 e. The average molecular weight is 487 g/mol. The van der Waals surface area contributed by atoms with E-state index >= 15 is 0 Å². The normalized spacial score (nSPS) is 13.4. The molecule has 0 saturated carbocycles. The molecule has 1 aliphatic rings. The standard InChI is InChI=1S/C24H27ClN4O5/c1-12(2)11-29-21-20(23(31)28-24(29)32)14(8-16(26-21)13(3)4)22(30)27-17-10-19-18(9-15(17)25)33-6-5-7-34-19/h8-10,12-13H,5-7,11H2,1-4H3,(H,27,30)(H,28,31,32). The van der Waals surface area contributed by atoms with Gasteiger partial charge in [-0.3, -0.25) is 19.1 Å². The van der Waals surface area contributed by atoms with Crippen LogP contribution in [0.2, 0.25) is 5.02 Å². The second kappa shape index (κ2) is 9.50. The van der Waals surface area contributed by atoms with Gasteiger partial charge >= 0.3 is 5.69 Å². The molecule has 0 bridgehead atoms. The maximum atomic E-state index is 13.5. The highest BCUT2D eigenvalue weighted by atomic mass is 35.5. The molecular weight excluding hydrogens is 460 g/mol. The topological polar surface area (TPSA) is 115 Å². The van der Waals surface area contributed by atoms with Crippen LogP contribution in [-0.4, -0.2) is 33.7 Å². The van der Waals surface area contributed by atoms with Crippen molar-refractivity contribution in [1.29, 1.82) is 0 Å². The number of amides is 1. The number of halogens is 1. The van der Waals surface area contributed by atoms with Gasteiger partial charge < -0.3 is 14.8 Å². The van der Waals surface area contributed by atoms with E-state index in [0.717, 1.165) is 6.42 Å². The number of nitrogens with zero attached hydrogens (tertiary/aromatic N) is 2. The summed E-state index contributed by atoms with van der Waals surface area (Å²) in [6.07, 6.45) is 0.732. The summed E-state index contributed by atoms with van der Waals surface area (Å²) in [6, 6.07) is 4.78. The van der Waals surface area contributed by atoms with Crippen molar-refractivity contribution in [3.63, 3.8) is 0 Å². The molecule has 180 valence electrons. The molecule has 10 heteroatoms. The van der Waals surface area contributed by atoms with Crippen molar-refractivity contribution in [3.8, 4) is 11.5 Å². The number of aromatic nitrogens is 3. The van der Waals surface area contributed by atoms with Crippen molar-refractivity contribution in [2.45, 2.75) is 46.6 Å². The Kier molecular flexibility index (Phi) is 6.65. The minimum atomic E-state index is -0.669. The van der Waals surface area contributed by atoms with Crippen LogP contribution in [0.25, 0.3) is 11.0 Å². The van der Waals surface area contributed by atoms with Gasteiger partial charge in [0.05, 0.1) is 34.9 Å². The van der Waals surface area contributed by atoms with Crippen molar-refractivity contribution in [1.82, 2.24) is 14.5 Å². The van der Waals surface area contributed by atoms with E-state index in [4.69, 9.17) is 21.1 Å². The number of H-pyrrole nitrogens is 1. The van der Waals surface area contributed by atoms with Crippen molar-refractivity contribution in [3.05, 3.63) is 55.3 Å². The Labute approximate surface area is 201 Å².